The van der Waals surface area contributed by atoms with Gasteiger partial charge in [-0.25, -0.2) is 9.90 Å². The van der Waals surface area contributed by atoms with Crippen molar-refractivity contribution in [3.8, 4) is 0 Å². The van der Waals surface area contributed by atoms with E-state index in [1.54, 1.807) is 13.8 Å². The van der Waals surface area contributed by atoms with E-state index in [2.05, 4.69) is 0 Å². The van der Waals surface area contributed by atoms with E-state index in [9.17, 15) is 9.90 Å². The van der Waals surface area contributed by atoms with E-state index in [1.807, 2.05) is 0 Å². The molecule has 11 heavy (non-hydrogen) atoms. The molecule has 0 bridgehead atoms. The van der Waals surface area contributed by atoms with Crippen molar-refractivity contribution in [2.75, 3.05) is 13.2 Å². The highest BCUT2D eigenvalue weighted by Crippen LogP contribution is 2.12. The zero-order valence-corrected chi connectivity index (χ0v) is 7.05. The average molecular weight is 161 g/mol. The first-order chi connectivity index (χ1) is 5.06. The summed E-state index contributed by atoms with van der Waals surface area (Å²) >= 11 is 0. The van der Waals surface area contributed by atoms with E-state index in [0.717, 1.165) is 0 Å². The lowest BCUT2D eigenvalue weighted by atomic mass is 10.3. The normalized spacial score (nSPS) is 11.5. The zero-order chi connectivity index (χ0) is 8.91. The Bertz CT molecular complexity index is 126. The Morgan fingerprint density at radius 1 is 1.27 bits per heavy atom. The van der Waals surface area contributed by atoms with Crippen molar-refractivity contribution >= 4 is 5.97 Å². The van der Waals surface area contributed by atoms with Crippen molar-refractivity contribution in [2.24, 2.45) is 0 Å². The first-order valence-corrected chi connectivity index (χ1v) is 3.56. The van der Waals surface area contributed by atoms with Crippen LogP contribution >= 0.6 is 0 Å². The Kier molecular flexibility index (Phi) is 4.07. The van der Waals surface area contributed by atoms with Crippen LogP contribution in [0.1, 0.15) is 20.8 Å². The third-order valence-electron chi connectivity index (χ3n) is 1.21. The van der Waals surface area contributed by atoms with Crippen molar-refractivity contribution in [3.05, 3.63) is 0 Å². The topological polar surface area (TPSA) is 55.4 Å². The molecule has 0 aliphatic carbocycles. The summed E-state index contributed by atoms with van der Waals surface area (Å²) in [6.07, 6.45) is 0. The fraction of sp³-hybridized carbons (Fsp3) is 0.857. The Hall–Kier alpha value is -0.610. The summed E-state index contributed by atoms with van der Waals surface area (Å²) in [5.41, 5.74) is 0. The van der Waals surface area contributed by atoms with Gasteiger partial charge >= 0.3 is 5.97 Å². The summed E-state index contributed by atoms with van der Waals surface area (Å²) in [7, 11) is 0. The first kappa shape index (κ1) is 10.4. The number of carbonyl (C=O) groups excluding carboxylic acids is 1. The molecule has 0 atom stereocenters. The predicted molar refractivity (Wildman–Crippen MR) is 37.4 cm³/mol. The molecule has 4 heteroatoms. The van der Waals surface area contributed by atoms with Crippen molar-refractivity contribution in [3.63, 3.8) is 0 Å². The maximum atomic E-state index is 10.4. The minimum Gasteiger partial charge on any atom is -0.341 e. The van der Waals surface area contributed by atoms with E-state index in [-0.39, 0.29) is 13.2 Å². The molecular formula is C7H13O4. The van der Waals surface area contributed by atoms with Gasteiger partial charge in [-0.2, -0.15) is 0 Å². The van der Waals surface area contributed by atoms with Crippen LogP contribution < -0.4 is 0 Å². The van der Waals surface area contributed by atoms with Gasteiger partial charge < -0.3 is 9.47 Å². The molecule has 0 rings (SSSR count). The molecule has 0 fully saturated rings. The van der Waals surface area contributed by atoms with E-state index < -0.39 is 11.8 Å². The minimum atomic E-state index is -1.59. The minimum absolute atomic E-state index is 0.282. The predicted octanol–water partition coefficient (Wildman–Crippen LogP) is 0.733. The third kappa shape index (κ3) is 2.86. The van der Waals surface area contributed by atoms with Gasteiger partial charge in [0.1, 0.15) is 0 Å². The number of hydrogen-bond donors (Lipinski definition) is 0. The standard InChI is InChI=1S/C7H13O4/c1-4-10-7(3,6(8)9)11-5-2/h4-5H2,1-3H3. The zero-order valence-electron chi connectivity index (χ0n) is 7.05. The van der Waals surface area contributed by atoms with Crippen LogP contribution in [-0.4, -0.2) is 25.0 Å². The Labute approximate surface area is 66.1 Å². The molecule has 0 amide bonds. The lowest BCUT2D eigenvalue weighted by molar-refractivity contribution is -0.238. The summed E-state index contributed by atoms with van der Waals surface area (Å²) in [6.45, 7) is 5.28. The fourth-order valence-corrected chi connectivity index (χ4v) is 0.710. The molecule has 0 heterocycles. The van der Waals surface area contributed by atoms with Crippen LogP contribution in [0.15, 0.2) is 0 Å². The molecular weight excluding hydrogens is 148 g/mol. The van der Waals surface area contributed by atoms with Gasteiger partial charge in [-0.15, -0.1) is 0 Å². The molecule has 1 radical (unpaired) electrons. The number of hydrogen-bond acceptors (Lipinski definition) is 3. The quantitative estimate of drug-likeness (QED) is 0.558. The van der Waals surface area contributed by atoms with E-state index in [0.29, 0.717) is 0 Å². The second-order valence-corrected chi connectivity index (χ2v) is 2.10. The Balaban J connectivity index is 4.13. The molecule has 0 aromatic rings. The van der Waals surface area contributed by atoms with Crippen molar-refractivity contribution in [1.82, 2.24) is 0 Å². The second-order valence-electron chi connectivity index (χ2n) is 2.10. The molecule has 0 unspecified atom stereocenters. The maximum absolute atomic E-state index is 10.4. The van der Waals surface area contributed by atoms with E-state index >= 15 is 0 Å². The molecule has 0 aliphatic heterocycles. The molecule has 4 nitrogen and oxygen atoms in total. The highest BCUT2D eigenvalue weighted by Gasteiger charge is 2.36. The summed E-state index contributed by atoms with van der Waals surface area (Å²) in [5.74, 6) is -2.94. The van der Waals surface area contributed by atoms with Crippen LogP contribution in [0.5, 0.6) is 0 Å². The van der Waals surface area contributed by atoms with Crippen LogP contribution in [0.25, 0.3) is 0 Å². The largest absolute Gasteiger partial charge is 0.414 e. The monoisotopic (exact) mass is 161 g/mol. The van der Waals surface area contributed by atoms with Gasteiger partial charge in [0.05, 0.1) is 0 Å². The second kappa shape index (κ2) is 4.31. The SMILES string of the molecule is CCOC(C)(OCC)C([O])=O. The molecule has 0 aromatic heterocycles. The van der Waals surface area contributed by atoms with Crippen LogP contribution in [-0.2, 0) is 19.4 Å². The number of carbonyl (C=O) groups is 1. The van der Waals surface area contributed by atoms with Gasteiger partial charge in [-0.1, -0.05) is 0 Å². The van der Waals surface area contributed by atoms with Crippen molar-refractivity contribution < 1.29 is 19.4 Å². The third-order valence-corrected chi connectivity index (χ3v) is 1.21. The molecule has 65 valence electrons. The average Bonchev–Trinajstić information content (AvgIpc) is 1.88. The summed E-state index contributed by atoms with van der Waals surface area (Å²) in [6, 6.07) is 0. The van der Waals surface area contributed by atoms with Gasteiger partial charge in [-0.3, -0.25) is 0 Å². The van der Waals surface area contributed by atoms with Gasteiger partial charge in [0.25, 0.3) is 5.79 Å². The van der Waals surface area contributed by atoms with Gasteiger partial charge in [0.15, 0.2) is 0 Å². The molecule has 0 saturated carbocycles. The van der Waals surface area contributed by atoms with Gasteiger partial charge in [0, 0.05) is 20.1 Å². The van der Waals surface area contributed by atoms with Crippen molar-refractivity contribution in [2.45, 2.75) is 26.6 Å². The summed E-state index contributed by atoms with van der Waals surface area (Å²) < 4.78 is 9.69. The van der Waals surface area contributed by atoms with Crippen molar-refractivity contribution in [1.29, 1.82) is 0 Å². The van der Waals surface area contributed by atoms with Crippen LogP contribution in [0.4, 0.5) is 0 Å². The maximum Gasteiger partial charge on any atom is 0.414 e. The number of ether oxygens (including phenoxy) is 2. The molecule has 0 N–H and O–H groups in total. The molecule has 0 saturated heterocycles. The highest BCUT2D eigenvalue weighted by atomic mass is 16.7. The van der Waals surface area contributed by atoms with Crippen LogP contribution in [0, 0.1) is 0 Å². The number of rotatable bonds is 5. The lowest BCUT2D eigenvalue weighted by Crippen LogP contribution is -2.40. The molecule has 0 spiro atoms. The summed E-state index contributed by atoms with van der Waals surface area (Å²) in [4.78, 5) is 10.4. The van der Waals surface area contributed by atoms with Crippen LogP contribution in [0.3, 0.4) is 0 Å². The highest BCUT2D eigenvalue weighted by molar-refractivity contribution is 5.74. The van der Waals surface area contributed by atoms with Gasteiger partial charge in [-0.05, 0) is 13.8 Å². The molecule has 0 aromatic carbocycles. The molecule has 0 aliphatic rings. The first-order valence-electron chi connectivity index (χ1n) is 3.56. The lowest BCUT2D eigenvalue weighted by Gasteiger charge is -2.22. The van der Waals surface area contributed by atoms with E-state index in [4.69, 9.17) is 9.47 Å². The van der Waals surface area contributed by atoms with Gasteiger partial charge in [0.2, 0.25) is 0 Å². The fourth-order valence-electron chi connectivity index (χ4n) is 0.710. The smallest absolute Gasteiger partial charge is 0.341 e. The van der Waals surface area contributed by atoms with Crippen LogP contribution in [0.2, 0.25) is 0 Å². The Morgan fingerprint density at radius 2 is 1.64 bits per heavy atom. The Morgan fingerprint density at radius 3 is 1.82 bits per heavy atom. The van der Waals surface area contributed by atoms with E-state index in [1.165, 1.54) is 6.92 Å². The summed E-state index contributed by atoms with van der Waals surface area (Å²) in [5, 5.41) is 10.4.